The number of amides is 2. The van der Waals surface area contributed by atoms with Crippen molar-refractivity contribution in [1.82, 2.24) is 0 Å². The number of ketones is 2. The predicted molar refractivity (Wildman–Crippen MR) is 161 cm³/mol. The van der Waals surface area contributed by atoms with Crippen molar-refractivity contribution in [3.8, 4) is 0 Å². The summed E-state index contributed by atoms with van der Waals surface area (Å²) < 4.78 is 0. The summed E-state index contributed by atoms with van der Waals surface area (Å²) in [4.78, 5) is 45.7. The Labute approximate surface area is 343 Å². The molecular weight excluding hydrogens is 794 g/mol. The molecule has 226 valence electrons. The van der Waals surface area contributed by atoms with E-state index in [9.17, 15) is 19.2 Å². The summed E-state index contributed by atoms with van der Waals surface area (Å²) in [6.07, 6.45) is 0. The van der Waals surface area contributed by atoms with Gasteiger partial charge in [-0.05, 0) is 76.4 Å². The summed E-state index contributed by atoms with van der Waals surface area (Å²) in [6.45, 7) is 24.7. The van der Waals surface area contributed by atoms with Crippen LogP contribution >= 0.6 is 0 Å². The molecular formula is C32H48N2O4VY3-2. The second kappa shape index (κ2) is 26.6. The number of likely N-dealkylation sites (N-methyl/N-ethyl adjacent to an activating group) is 2. The van der Waals surface area contributed by atoms with E-state index in [1.807, 2.05) is 118 Å². The number of carbonyl (C=O) groups is 4. The van der Waals surface area contributed by atoms with Gasteiger partial charge in [0.25, 0.3) is 0 Å². The number of Topliss-reactive ketones (excluding diaryl/α,β-unsaturated/α-hetero) is 2. The van der Waals surface area contributed by atoms with E-state index in [1.165, 1.54) is 13.8 Å². The Bertz CT molecular complexity index is 999. The van der Waals surface area contributed by atoms with Gasteiger partial charge in [0.05, 0.1) is 10.8 Å². The Morgan fingerprint density at radius 3 is 0.976 bits per heavy atom. The van der Waals surface area contributed by atoms with Crippen molar-refractivity contribution in [1.29, 1.82) is 0 Å². The van der Waals surface area contributed by atoms with Crippen molar-refractivity contribution < 1.29 is 136 Å². The van der Waals surface area contributed by atoms with Crippen LogP contribution in [0.3, 0.4) is 0 Å². The van der Waals surface area contributed by atoms with Gasteiger partial charge in [0.1, 0.15) is 0 Å². The van der Waals surface area contributed by atoms with Crippen LogP contribution in [0.25, 0.3) is 0 Å². The average Bonchev–Trinajstić information content (AvgIpc) is 3.16. The van der Waals surface area contributed by atoms with Gasteiger partial charge in [-0.1, -0.05) is 64.1 Å². The molecule has 0 aromatic heterocycles. The van der Waals surface area contributed by atoms with Crippen LogP contribution in [0.1, 0.15) is 80.4 Å². The number of para-hydroxylation sites is 2. The van der Waals surface area contributed by atoms with Gasteiger partial charge < -0.3 is 33.2 Å². The summed E-state index contributed by atoms with van der Waals surface area (Å²) in [5.41, 5.74) is 3.62. The number of nitrogens with zero attached hydrogens (tertiary/aromatic N) is 2. The number of benzene rings is 2. The monoisotopic (exact) mass is 842 g/mol. The smallest absolute Gasteiger partial charge is 0.236 e. The Morgan fingerprint density at radius 2 is 0.786 bits per heavy atom. The van der Waals surface area contributed by atoms with Gasteiger partial charge in [-0.2, -0.15) is 0 Å². The summed E-state index contributed by atoms with van der Waals surface area (Å²) >= 11 is 0. The van der Waals surface area contributed by atoms with Crippen LogP contribution < -0.4 is 9.80 Å². The van der Waals surface area contributed by atoms with E-state index in [2.05, 4.69) is 13.8 Å². The number of fused-ring (bicyclic) bond motifs is 2. The van der Waals surface area contributed by atoms with Crippen molar-refractivity contribution in [3.63, 3.8) is 0 Å². The zero-order valence-corrected chi connectivity index (χ0v) is 37.7. The van der Waals surface area contributed by atoms with Crippen LogP contribution in [0, 0.1) is 13.8 Å². The molecule has 2 aliphatic rings. The Hall–Kier alpha value is 0.356. The predicted octanol–water partition coefficient (Wildman–Crippen LogP) is 6.74. The van der Waals surface area contributed by atoms with Crippen LogP contribution in [0.15, 0.2) is 48.5 Å². The van der Waals surface area contributed by atoms with Gasteiger partial charge in [-0.25, -0.2) is 0 Å². The molecule has 0 saturated carbocycles. The number of carbonyl (C=O) groups excluding carboxylic acids is 4. The zero-order valence-electron chi connectivity index (χ0n) is 27.7. The third-order valence-electron chi connectivity index (χ3n) is 5.56. The number of anilines is 2. The fourth-order valence-electron chi connectivity index (χ4n) is 3.88. The first-order valence-corrected chi connectivity index (χ1v) is 13.0. The largest absolute Gasteiger partial charge is 0.340 e. The van der Waals surface area contributed by atoms with Crippen molar-refractivity contribution >= 4 is 34.8 Å². The molecule has 42 heavy (non-hydrogen) atoms. The van der Waals surface area contributed by atoms with Crippen LogP contribution in [-0.4, -0.2) is 37.5 Å². The minimum atomic E-state index is -0.356. The molecule has 0 aliphatic carbocycles. The van der Waals surface area contributed by atoms with Gasteiger partial charge in [0, 0.05) is 142 Å². The third kappa shape index (κ3) is 16.1. The minimum Gasteiger partial charge on any atom is -0.340 e. The molecule has 0 N–H and O–H groups in total. The molecule has 2 aliphatic heterocycles. The molecule has 2 aromatic rings. The van der Waals surface area contributed by atoms with E-state index in [1.54, 1.807) is 9.80 Å². The summed E-state index contributed by atoms with van der Waals surface area (Å²) in [7, 11) is 3.66. The van der Waals surface area contributed by atoms with Crippen molar-refractivity contribution in [2.24, 2.45) is 0 Å². The maximum absolute atomic E-state index is 11.8. The van der Waals surface area contributed by atoms with Crippen LogP contribution in [-0.2, 0) is 147 Å². The van der Waals surface area contributed by atoms with E-state index < -0.39 is 0 Å². The average molecular weight is 842 g/mol. The maximum atomic E-state index is 11.8. The molecule has 2 heterocycles. The van der Waals surface area contributed by atoms with Gasteiger partial charge in [-0.15, -0.1) is 0 Å². The summed E-state index contributed by atoms with van der Waals surface area (Å²) in [6, 6.07) is 15.9. The standard InChI is InChI=1S/2C11H13NO.2C3H5O.2C2H6.V.3Y/c2*1-11(2)8-6-4-5-7-9(8)12(3)10(11)13;2*1-3(2)4;2*1-2;;;;/h2*4-7H,1-3H3;2*1H2,2H3;2*1-2H3;;;;/q;;2*-1;;;;;;. The molecule has 0 fully saturated rings. The molecule has 4 rings (SSSR count). The summed E-state index contributed by atoms with van der Waals surface area (Å²) in [5, 5.41) is 0. The first kappa shape index (κ1) is 54.8. The number of hydrogen-bond donors (Lipinski definition) is 0. The second-order valence-corrected chi connectivity index (χ2v) is 9.42. The molecule has 2 amide bonds. The third-order valence-corrected chi connectivity index (χ3v) is 5.56. The molecule has 0 saturated heterocycles. The topological polar surface area (TPSA) is 74.8 Å². The molecule has 2 aromatic carbocycles. The van der Waals surface area contributed by atoms with Crippen molar-refractivity contribution in [2.45, 2.75) is 80.1 Å². The Balaban J connectivity index is -0.000000106. The van der Waals surface area contributed by atoms with Crippen LogP contribution in [0.4, 0.5) is 11.4 Å². The van der Waals surface area contributed by atoms with E-state index in [0.717, 1.165) is 22.5 Å². The van der Waals surface area contributed by atoms with Gasteiger partial charge >= 0.3 is 0 Å². The number of hydrogen-bond acceptors (Lipinski definition) is 4. The van der Waals surface area contributed by atoms with Crippen LogP contribution in [0.5, 0.6) is 0 Å². The fourth-order valence-corrected chi connectivity index (χ4v) is 3.88. The van der Waals surface area contributed by atoms with Crippen LogP contribution in [0.2, 0.25) is 0 Å². The van der Waals surface area contributed by atoms with Crippen molar-refractivity contribution in [2.75, 3.05) is 23.9 Å². The molecule has 6 nitrogen and oxygen atoms in total. The Kier molecular flexibility index (Phi) is 34.7. The second-order valence-electron chi connectivity index (χ2n) is 9.42. The minimum absolute atomic E-state index is 0. The molecule has 4 radical (unpaired) electrons. The fraction of sp³-hybridized carbons (Fsp3) is 0.438. The SMILES string of the molecule is CC.CC.CN1C(=O)C(C)(C)c2ccccc21.CN1C(=O)C(C)(C)c2ccccc21.[CH2-]C(C)=O.[CH2-]C(C)=O.[V].[Y].[Y].[Y]. The van der Waals surface area contributed by atoms with E-state index in [4.69, 9.17) is 0 Å². The van der Waals surface area contributed by atoms with Gasteiger partial charge in [0.2, 0.25) is 11.8 Å². The molecule has 0 atom stereocenters. The first-order chi connectivity index (χ1) is 17.6. The Morgan fingerprint density at radius 1 is 0.595 bits per heavy atom. The summed E-state index contributed by atoms with van der Waals surface area (Å²) in [5.74, 6) is 0.183. The first-order valence-electron chi connectivity index (χ1n) is 13.0. The van der Waals surface area contributed by atoms with E-state index in [-0.39, 0.29) is 151 Å². The normalized spacial score (nSPS) is 13.2. The van der Waals surface area contributed by atoms with E-state index >= 15 is 0 Å². The maximum Gasteiger partial charge on any atom is 0.236 e. The molecule has 0 spiro atoms. The quantitative estimate of drug-likeness (QED) is 0.276. The van der Waals surface area contributed by atoms with Crippen molar-refractivity contribution in [3.05, 3.63) is 73.5 Å². The number of rotatable bonds is 0. The van der Waals surface area contributed by atoms with Gasteiger partial charge in [0.15, 0.2) is 0 Å². The molecule has 0 unspecified atom stereocenters. The van der Waals surface area contributed by atoms with Gasteiger partial charge in [-0.3, -0.25) is 9.59 Å². The molecule has 10 heteroatoms. The molecule has 0 bridgehead atoms. The zero-order chi connectivity index (χ0) is 30.4. The van der Waals surface area contributed by atoms with E-state index in [0.29, 0.717) is 0 Å².